The van der Waals surface area contributed by atoms with Crippen LogP contribution >= 0.6 is 0 Å². The number of aliphatic hydroxyl groups is 1. The molecule has 0 saturated heterocycles. The molecule has 0 unspecified atom stereocenters. The molecule has 0 bridgehead atoms. The van der Waals surface area contributed by atoms with Gasteiger partial charge in [0.25, 0.3) is 11.7 Å². The molecule has 94 valence electrons. The predicted octanol–water partition coefficient (Wildman–Crippen LogP) is 1.98. The first kappa shape index (κ1) is 11.6. The van der Waals surface area contributed by atoms with Crippen molar-refractivity contribution in [3.63, 3.8) is 0 Å². The molecule has 0 spiro atoms. The number of nitrogens with one attached hydrogen (secondary N) is 1. The number of fused-ring (bicyclic) bond motifs is 1. The summed E-state index contributed by atoms with van der Waals surface area (Å²) < 4.78 is 0. The largest absolute Gasteiger partial charge is 0.392 e. The molecule has 0 aromatic heterocycles. The van der Waals surface area contributed by atoms with E-state index in [1.54, 1.807) is 12.1 Å². The molecule has 0 aliphatic carbocycles. The van der Waals surface area contributed by atoms with Crippen LogP contribution in [0.25, 0.3) is 11.1 Å². The first-order chi connectivity index (χ1) is 9.20. The van der Waals surface area contributed by atoms with Crippen molar-refractivity contribution in [2.24, 2.45) is 0 Å². The number of carbonyl (C=O) groups excluding carboxylic acids is 2. The van der Waals surface area contributed by atoms with Crippen molar-refractivity contribution >= 4 is 17.4 Å². The lowest BCUT2D eigenvalue weighted by atomic mass is 9.99. The van der Waals surface area contributed by atoms with Gasteiger partial charge in [-0.1, -0.05) is 36.4 Å². The summed E-state index contributed by atoms with van der Waals surface area (Å²) in [6.45, 7) is -0.0115. The van der Waals surface area contributed by atoms with Crippen molar-refractivity contribution in [2.75, 3.05) is 5.32 Å². The lowest BCUT2D eigenvalue weighted by Gasteiger charge is -2.08. The highest BCUT2D eigenvalue weighted by atomic mass is 16.3. The molecule has 4 heteroatoms. The molecule has 2 aromatic rings. The third kappa shape index (κ3) is 1.82. The molecule has 3 rings (SSSR count). The Balaban J connectivity index is 2.12. The zero-order valence-corrected chi connectivity index (χ0v) is 10.0. The molecular weight excluding hydrogens is 242 g/mol. The average Bonchev–Trinajstić information content (AvgIpc) is 2.75. The van der Waals surface area contributed by atoms with E-state index in [0.717, 1.165) is 16.7 Å². The summed E-state index contributed by atoms with van der Waals surface area (Å²) in [5.74, 6) is -1.08. The number of anilines is 1. The Morgan fingerprint density at radius 1 is 0.947 bits per heavy atom. The lowest BCUT2D eigenvalue weighted by Crippen LogP contribution is -2.12. The van der Waals surface area contributed by atoms with Gasteiger partial charge < -0.3 is 10.4 Å². The minimum atomic E-state index is -0.588. The van der Waals surface area contributed by atoms with E-state index in [9.17, 15) is 9.59 Å². The van der Waals surface area contributed by atoms with Crippen molar-refractivity contribution in [2.45, 2.75) is 6.61 Å². The van der Waals surface area contributed by atoms with Gasteiger partial charge in [-0.25, -0.2) is 0 Å². The molecule has 0 fully saturated rings. The van der Waals surface area contributed by atoms with Gasteiger partial charge in [-0.2, -0.15) is 0 Å². The minimum Gasteiger partial charge on any atom is -0.392 e. The van der Waals surface area contributed by atoms with Crippen LogP contribution in [0.2, 0.25) is 0 Å². The average molecular weight is 253 g/mol. The van der Waals surface area contributed by atoms with Crippen molar-refractivity contribution in [3.8, 4) is 11.1 Å². The van der Waals surface area contributed by atoms with E-state index in [0.29, 0.717) is 11.3 Å². The Hall–Kier alpha value is -2.46. The Kier molecular flexibility index (Phi) is 2.65. The second-order valence-electron chi connectivity index (χ2n) is 4.37. The van der Waals surface area contributed by atoms with Crippen molar-refractivity contribution in [3.05, 3.63) is 53.6 Å². The van der Waals surface area contributed by atoms with Crippen LogP contribution in [0, 0.1) is 0 Å². The predicted molar refractivity (Wildman–Crippen MR) is 70.8 cm³/mol. The maximum Gasteiger partial charge on any atom is 0.296 e. The first-order valence-corrected chi connectivity index (χ1v) is 5.89. The topological polar surface area (TPSA) is 66.4 Å². The third-order valence-corrected chi connectivity index (χ3v) is 3.20. The van der Waals surface area contributed by atoms with Crippen LogP contribution in [0.3, 0.4) is 0 Å². The molecule has 1 aliphatic heterocycles. The number of benzene rings is 2. The summed E-state index contributed by atoms with van der Waals surface area (Å²) in [4.78, 5) is 23.1. The number of hydrogen-bond acceptors (Lipinski definition) is 3. The van der Waals surface area contributed by atoms with Crippen molar-refractivity contribution in [1.82, 2.24) is 0 Å². The van der Waals surface area contributed by atoms with Gasteiger partial charge in [-0.3, -0.25) is 9.59 Å². The lowest BCUT2D eigenvalue weighted by molar-refractivity contribution is -0.112. The first-order valence-electron chi connectivity index (χ1n) is 5.89. The summed E-state index contributed by atoms with van der Waals surface area (Å²) in [7, 11) is 0. The number of aliphatic hydroxyl groups excluding tert-OH is 1. The number of amides is 1. The second kappa shape index (κ2) is 4.33. The highest BCUT2D eigenvalue weighted by molar-refractivity contribution is 6.52. The molecule has 0 atom stereocenters. The maximum atomic E-state index is 11.6. The number of para-hydroxylation sites is 1. The van der Waals surface area contributed by atoms with E-state index in [4.69, 9.17) is 5.11 Å². The second-order valence-corrected chi connectivity index (χ2v) is 4.37. The highest BCUT2D eigenvalue weighted by Gasteiger charge is 2.29. The summed E-state index contributed by atoms with van der Waals surface area (Å²) >= 11 is 0. The molecule has 1 heterocycles. The van der Waals surface area contributed by atoms with Gasteiger partial charge >= 0.3 is 0 Å². The molecule has 0 radical (unpaired) electrons. The van der Waals surface area contributed by atoms with Gasteiger partial charge in [0.1, 0.15) is 0 Å². The Morgan fingerprint density at radius 3 is 2.32 bits per heavy atom. The summed E-state index contributed by atoms with van der Waals surface area (Å²) in [6.07, 6.45) is 0. The van der Waals surface area contributed by atoms with Crippen LogP contribution in [0.15, 0.2) is 42.5 Å². The van der Waals surface area contributed by atoms with E-state index < -0.39 is 11.7 Å². The van der Waals surface area contributed by atoms with Gasteiger partial charge in [0.05, 0.1) is 17.9 Å². The van der Waals surface area contributed by atoms with E-state index >= 15 is 0 Å². The number of Topliss-reactive ketones (excluding diaryl/α,β-unsaturated/α-hetero) is 1. The summed E-state index contributed by atoms with van der Waals surface area (Å²) in [6, 6.07) is 12.6. The molecule has 4 nitrogen and oxygen atoms in total. The maximum absolute atomic E-state index is 11.6. The van der Waals surface area contributed by atoms with Crippen LogP contribution < -0.4 is 5.32 Å². The Morgan fingerprint density at radius 2 is 1.63 bits per heavy atom. The fraction of sp³-hybridized carbons (Fsp3) is 0.0667. The minimum absolute atomic E-state index is 0.0115. The van der Waals surface area contributed by atoms with Gasteiger partial charge in [-0.05, 0) is 17.2 Å². The van der Waals surface area contributed by atoms with Crippen LogP contribution in [-0.2, 0) is 11.4 Å². The van der Waals surface area contributed by atoms with E-state index in [-0.39, 0.29) is 6.61 Å². The van der Waals surface area contributed by atoms with Gasteiger partial charge in [-0.15, -0.1) is 0 Å². The fourth-order valence-electron chi connectivity index (χ4n) is 2.20. The van der Waals surface area contributed by atoms with Crippen LogP contribution in [0.4, 0.5) is 5.69 Å². The molecule has 2 aromatic carbocycles. The zero-order valence-electron chi connectivity index (χ0n) is 10.0. The molecule has 1 amide bonds. The molecule has 19 heavy (non-hydrogen) atoms. The molecule has 2 N–H and O–H groups in total. The normalized spacial score (nSPS) is 13.3. The highest BCUT2D eigenvalue weighted by Crippen LogP contribution is 2.34. The molecule has 1 aliphatic rings. The van der Waals surface area contributed by atoms with Crippen LogP contribution in [0.5, 0.6) is 0 Å². The third-order valence-electron chi connectivity index (χ3n) is 3.20. The number of ketones is 1. The standard InChI is InChI=1S/C15H11NO3/c17-8-9-4-6-10(7-5-9)11-2-1-3-12-13(11)16-15(19)14(12)18/h1-7,17H,8H2,(H,16,18,19). The summed E-state index contributed by atoms with van der Waals surface area (Å²) in [5.41, 5.74) is 3.49. The quantitative estimate of drug-likeness (QED) is 0.804. The Labute approximate surface area is 109 Å². The molecule has 0 saturated carbocycles. The monoisotopic (exact) mass is 253 g/mol. The molecular formula is C15H11NO3. The summed E-state index contributed by atoms with van der Waals surface area (Å²) in [5, 5.41) is 11.6. The van der Waals surface area contributed by atoms with Crippen LogP contribution in [-0.4, -0.2) is 16.8 Å². The van der Waals surface area contributed by atoms with E-state index in [1.807, 2.05) is 30.3 Å². The van der Waals surface area contributed by atoms with Gasteiger partial charge in [0.2, 0.25) is 0 Å². The zero-order chi connectivity index (χ0) is 13.4. The number of rotatable bonds is 2. The SMILES string of the molecule is O=C1Nc2c(cccc2-c2ccc(CO)cc2)C1=O. The van der Waals surface area contributed by atoms with E-state index in [1.165, 1.54) is 0 Å². The Bertz CT molecular complexity index is 674. The van der Waals surface area contributed by atoms with Crippen molar-refractivity contribution in [1.29, 1.82) is 0 Å². The number of hydrogen-bond donors (Lipinski definition) is 2. The van der Waals surface area contributed by atoms with Crippen molar-refractivity contribution < 1.29 is 14.7 Å². The van der Waals surface area contributed by atoms with Gasteiger partial charge in [0, 0.05) is 5.56 Å². The van der Waals surface area contributed by atoms with Crippen LogP contribution in [0.1, 0.15) is 15.9 Å². The fourth-order valence-corrected chi connectivity index (χ4v) is 2.20. The number of carbonyl (C=O) groups is 2. The van der Waals surface area contributed by atoms with E-state index in [2.05, 4.69) is 5.32 Å². The smallest absolute Gasteiger partial charge is 0.296 e. The van der Waals surface area contributed by atoms with Gasteiger partial charge in [0.15, 0.2) is 0 Å².